The van der Waals surface area contributed by atoms with Gasteiger partial charge in [-0.05, 0) is 30.2 Å². The highest BCUT2D eigenvalue weighted by Crippen LogP contribution is 2.22. The fourth-order valence-corrected chi connectivity index (χ4v) is 3.95. The largest absolute Gasteiger partial charge is 0.493 e. The van der Waals surface area contributed by atoms with E-state index in [-0.39, 0.29) is 24.1 Å². The molecule has 0 aliphatic carbocycles. The molecule has 0 saturated heterocycles. The van der Waals surface area contributed by atoms with Gasteiger partial charge in [-0.3, -0.25) is 14.8 Å². The summed E-state index contributed by atoms with van der Waals surface area (Å²) in [4.78, 5) is 47.8. The average Bonchev–Trinajstić information content (AvgIpc) is 3.25. The van der Waals surface area contributed by atoms with E-state index in [1.165, 1.54) is 7.11 Å². The number of carbonyl (C=O) groups excluding carboxylic acids is 1. The van der Waals surface area contributed by atoms with Crippen LogP contribution in [0.15, 0.2) is 75.4 Å². The molecule has 4 rings (SSSR count). The Hall–Kier alpha value is -4.40. The van der Waals surface area contributed by atoms with Crippen molar-refractivity contribution in [2.24, 2.45) is 4.99 Å². The molecule has 0 saturated carbocycles. The molecule has 0 spiro atoms. The van der Waals surface area contributed by atoms with Crippen LogP contribution in [0.1, 0.15) is 24.5 Å². The van der Waals surface area contributed by atoms with Crippen LogP contribution in [0.4, 0.5) is 0 Å². The van der Waals surface area contributed by atoms with Gasteiger partial charge in [0, 0.05) is 23.5 Å². The van der Waals surface area contributed by atoms with Crippen LogP contribution in [0.5, 0.6) is 5.88 Å². The average molecular weight is 460 g/mol. The maximum Gasteiger partial charge on any atom is 0.335 e. The fourth-order valence-electron chi connectivity index (χ4n) is 3.95. The number of nitrogens with zero attached hydrogens (tertiary/aromatic N) is 2. The molecule has 1 unspecified atom stereocenters. The van der Waals surface area contributed by atoms with Crippen LogP contribution in [-0.2, 0) is 16.0 Å². The molecule has 0 radical (unpaired) electrons. The number of benzene rings is 2. The summed E-state index contributed by atoms with van der Waals surface area (Å²) >= 11 is 0. The number of hydrogen-bond donors (Lipinski definition) is 3. The first kappa shape index (κ1) is 22.8. The number of aromatic hydroxyl groups is 1. The zero-order valence-corrected chi connectivity index (χ0v) is 18.7. The molecule has 0 aliphatic heterocycles. The van der Waals surface area contributed by atoms with E-state index in [1.54, 1.807) is 37.3 Å². The van der Waals surface area contributed by atoms with Crippen molar-refractivity contribution in [2.45, 2.75) is 25.8 Å². The molecular weight excluding hydrogens is 436 g/mol. The highest BCUT2D eigenvalue weighted by Gasteiger charge is 2.25. The SMILES string of the molecule is CCC(=NC(Cc1c[nH]c2ccccc12)C(=O)OC)c1c(O)n(-c2ccccc2)c(=O)[nH]c1=O. The molecule has 0 bridgehead atoms. The summed E-state index contributed by atoms with van der Waals surface area (Å²) in [6, 6.07) is 15.1. The topological polar surface area (TPSA) is 130 Å². The minimum absolute atomic E-state index is 0.168. The zero-order chi connectivity index (χ0) is 24.2. The number of aromatic amines is 2. The summed E-state index contributed by atoms with van der Waals surface area (Å²) in [6.07, 6.45) is 2.25. The monoisotopic (exact) mass is 460 g/mol. The summed E-state index contributed by atoms with van der Waals surface area (Å²) in [5, 5.41) is 11.9. The first-order chi connectivity index (χ1) is 16.4. The summed E-state index contributed by atoms with van der Waals surface area (Å²) < 4.78 is 5.96. The van der Waals surface area contributed by atoms with Crippen LogP contribution >= 0.6 is 0 Å². The molecule has 34 heavy (non-hydrogen) atoms. The third-order valence-corrected chi connectivity index (χ3v) is 5.60. The number of nitrogens with one attached hydrogen (secondary N) is 2. The second-order valence-electron chi connectivity index (χ2n) is 7.66. The maximum atomic E-state index is 12.7. The standard InChI is InChI=1S/C25H24N4O5/c1-3-18(21-22(30)28-25(33)29(23(21)31)16-9-5-4-6-10-16)27-20(24(32)34-2)13-15-14-26-19-12-8-7-11-17(15)19/h4-12,14,20,26,31H,3,13H2,1-2H3,(H,28,30,33). The van der Waals surface area contributed by atoms with E-state index in [0.717, 1.165) is 21.0 Å². The van der Waals surface area contributed by atoms with E-state index < -0.39 is 29.1 Å². The Balaban J connectivity index is 1.82. The Bertz CT molecular complexity index is 1480. The van der Waals surface area contributed by atoms with Gasteiger partial charge in [-0.15, -0.1) is 0 Å². The molecule has 9 nitrogen and oxygen atoms in total. The van der Waals surface area contributed by atoms with E-state index in [2.05, 4.69) is 15.0 Å². The number of aromatic nitrogens is 3. The van der Waals surface area contributed by atoms with Gasteiger partial charge >= 0.3 is 11.7 Å². The summed E-state index contributed by atoms with van der Waals surface area (Å²) in [6.45, 7) is 1.75. The Labute approximate surface area is 194 Å². The Morgan fingerprint density at radius 2 is 1.82 bits per heavy atom. The van der Waals surface area contributed by atoms with Crippen LogP contribution in [0.2, 0.25) is 0 Å². The van der Waals surface area contributed by atoms with Gasteiger partial charge in [-0.2, -0.15) is 0 Å². The molecule has 2 aromatic carbocycles. The Kier molecular flexibility index (Phi) is 6.44. The zero-order valence-electron chi connectivity index (χ0n) is 18.7. The molecule has 1 atom stereocenters. The number of para-hydroxylation sites is 2. The van der Waals surface area contributed by atoms with Crippen LogP contribution in [0, 0.1) is 0 Å². The smallest absolute Gasteiger partial charge is 0.335 e. The number of esters is 1. The van der Waals surface area contributed by atoms with Crippen molar-refractivity contribution >= 4 is 22.6 Å². The molecular formula is C25H24N4O5. The van der Waals surface area contributed by atoms with E-state index >= 15 is 0 Å². The predicted octanol–water partition coefficient (Wildman–Crippen LogP) is 2.70. The van der Waals surface area contributed by atoms with E-state index in [9.17, 15) is 19.5 Å². The van der Waals surface area contributed by atoms with Gasteiger partial charge in [0.15, 0.2) is 6.04 Å². The number of hydrogen-bond acceptors (Lipinski definition) is 6. The minimum Gasteiger partial charge on any atom is -0.493 e. The molecule has 3 N–H and O–H groups in total. The Morgan fingerprint density at radius 3 is 2.53 bits per heavy atom. The van der Waals surface area contributed by atoms with Crippen molar-refractivity contribution in [3.8, 4) is 11.6 Å². The number of rotatable bonds is 7. The third-order valence-electron chi connectivity index (χ3n) is 5.60. The molecule has 2 heterocycles. The second-order valence-corrected chi connectivity index (χ2v) is 7.66. The highest BCUT2D eigenvalue weighted by molar-refractivity contribution is 6.03. The van der Waals surface area contributed by atoms with Crippen molar-refractivity contribution in [1.29, 1.82) is 0 Å². The van der Waals surface area contributed by atoms with Crippen molar-refractivity contribution in [2.75, 3.05) is 7.11 Å². The molecule has 0 aliphatic rings. The van der Waals surface area contributed by atoms with Gasteiger partial charge in [0.2, 0.25) is 5.88 Å². The quantitative estimate of drug-likeness (QED) is 0.288. The predicted molar refractivity (Wildman–Crippen MR) is 129 cm³/mol. The molecule has 174 valence electrons. The number of fused-ring (bicyclic) bond motifs is 1. The van der Waals surface area contributed by atoms with E-state index in [0.29, 0.717) is 5.69 Å². The van der Waals surface area contributed by atoms with Crippen molar-refractivity contribution in [3.63, 3.8) is 0 Å². The lowest BCUT2D eigenvalue weighted by Crippen LogP contribution is -2.34. The fraction of sp³-hybridized carbons (Fsp3) is 0.200. The number of ether oxygens (including phenoxy) is 1. The first-order valence-corrected chi connectivity index (χ1v) is 10.8. The van der Waals surface area contributed by atoms with Gasteiger partial charge < -0.3 is 14.8 Å². The molecule has 2 aromatic heterocycles. The van der Waals surface area contributed by atoms with Gasteiger partial charge in [0.05, 0.1) is 18.5 Å². The van der Waals surface area contributed by atoms with Crippen LogP contribution in [0.25, 0.3) is 16.6 Å². The molecule has 0 fully saturated rings. The number of methoxy groups -OCH3 is 1. The van der Waals surface area contributed by atoms with Crippen LogP contribution in [-0.4, -0.2) is 44.5 Å². The Morgan fingerprint density at radius 1 is 1.12 bits per heavy atom. The van der Waals surface area contributed by atoms with Gasteiger partial charge in [0.1, 0.15) is 5.56 Å². The van der Waals surface area contributed by atoms with Gasteiger partial charge in [-0.1, -0.05) is 43.3 Å². The number of aliphatic imine (C=N–C) groups is 1. The van der Waals surface area contributed by atoms with Crippen LogP contribution in [0.3, 0.4) is 0 Å². The highest BCUT2D eigenvalue weighted by atomic mass is 16.5. The van der Waals surface area contributed by atoms with Crippen molar-refractivity contribution < 1.29 is 14.6 Å². The molecule has 4 aromatic rings. The van der Waals surface area contributed by atoms with Crippen LogP contribution < -0.4 is 11.2 Å². The summed E-state index contributed by atoms with van der Waals surface area (Å²) in [7, 11) is 1.27. The summed E-state index contributed by atoms with van der Waals surface area (Å²) in [5.74, 6) is -1.13. The van der Waals surface area contributed by atoms with E-state index in [4.69, 9.17) is 4.74 Å². The third kappa shape index (κ3) is 4.27. The minimum atomic E-state index is -0.963. The maximum absolute atomic E-state index is 12.7. The van der Waals surface area contributed by atoms with Gasteiger partial charge in [0.25, 0.3) is 5.56 Å². The number of H-pyrrole nitrogens is 2. The van der Waals surface area contributed by atoms with Crippen molar-refractivity contribution in [1.82, 2.24) is 14.5 Å². The molecule has 0 amide bonds. The lowest BCUT2D eigenvalue weighted by Gasteiger charge is -2.15. The lowest BCUT2D eigenvalue weighted by molar-refractivity contribution is -0.142. The summed E-state index contributed by atoms with van der Waals surface area (Å²) in [5.41, 5.74) is 0.600. The normalized spacial score (nSPS) is 12.6. The van der Waals surface area contributed by atoms with Gasteiger partial charge in [-0.25, -0.2) is 14.2 Å². The lowest BCUT2D eigenvalue weighted by atomic mass is 10.0. The second kappa shape index (κ2) is 9.62. The van der Waals surface area contributed by atoms with Crippen molar-refractivity contribution in [3.05, 3.63) is 92.8 Å². The number of carbonyl (C=O) groups is 1. The first-order valence-electron chi connectivity index (χ1n) is 10.8. The van der Waals surface area contributed by atoms with E-state index in [1.807, 2.05) is 30.5 Å². The molecule has 9 heteroatoms.